The minimum Gasteiger partial charge on any atom is -0.456 e. The maximum absolute atomic E-state index is 12.1. The number of amides is 1. The van der Waals surface area contributed by atoms with Gasteiger partial charge in [0.15, 0.2) is 0 Å². The van der Waals surface area contributed by atoms with Gasteiger partial charge in [-0.3, -0.25) is 4.79 Å². The molecule has 0 fully saturated rings. The number of para-hydroxylation sites is 1. The molecule has 4 aromatic rings. The average Bonchev–Trinajstić information content (AvgIpc) is 3.27. The third-order valence-electron chi connectivity index (χ3n) is 4.62. The normalized spacial score (nSPS) is 11.0. The Bertz CT molecular complexity index is 1250. The number of fused-ring (bicyclic) bond motifs is 1. The Morgan fingerprint density at radius 2 is 1.78 bits per heavy atom. The standard InChI is InChI=1S/C25H21N3O3S/c29-23(26-15-18-6-2-1-3-7-18)14-24-28-21(17-32-24)16-31-25(30)13-12-20-11-10-19-8-4-5-9-22(19)27-20/h1-13,17H,14-16H2,(H,26,29)/b13-12+. The molecule has 6 nitrogen and oxygen atoms in total. The van der Waals surface area contributed by atoms with Crippen molar-refractivity contribution in [2.75, 3.05) is 0 Å². The number of ether oxygens (including phenoxy) is 1. The molecule has 2 aromatic heterocycles. The van der Waals surface area contributed by atoms with Crippen molar-refractivity contribution in [1.82, 2.24) is 15.3 Å². The number of aromatic nitrogens is 2. The molecule has 0 spiro atoms. The number of thiazole rings is 1. The number of carbonyl (C=O) groups excluding carboxylic acids is 2. The molecule has 0 aliphatic rings. The molecule has 1 N–H and O–H groups in total. The van der Waals surface area contributed by atoms with Crippen molar-refractivity contribution in [3.8, 4) is 0 Å². The van der Waals surface area contributed by atoms with Crippen LogP contribution in [0.1, 0.15) is 22.0 Å². The average molecular weight is 444 g/mol. The first-order valence-electron chi connectivity index (χ1n) is 10.1. The zero-order valence-electron chi connectivity index (χ0n) is 17.2. The number of carbonyl (C=O) groups is 2. The Morgan fingerprint density at radius 1 is 0.969 bits per heavy atom. The van der Waals surface area contributed by atoms with Crippen LogP contribution < -0.4 is 5.32 Å². The third kappa shape index (κ3) is 6.09. The predicted molar refractivity (Wildman–Crippen MR) is 125 cm³/mol. The van der Waals surface area contributed by atoms with Gasteiger partial charge in [-0.25, -0.2) is 14.8 Å². The van der Waals surface area contributed by atoms with Crippen LogP contribution in [0, 0.1) is 0 Å². The lowest BCUT2D eigenvalue weighted by Gasteiger charge is -2.03. The van der Waals surface area contributed by atoms with Gasteiger partial charge in [0.25, 0.3) is 0 Å². The van der Waals surface area contributed by atoms with Crippen LogP contribution in [0.5, 0.6) is 0 Å². The van der Waals surface area contributed by atoms with E-state index in [2.05, 4.69) is 15.3 Å². The van der Waals surface area contributed by atoms with E-state index >= 15 is 0 Å². The Labute approximate surface area is 189 Å². The zero-order chi connectivity index (χ0) is 22.2. The zero-order valence-corrected chi connectivity index (χ0v) is 18.0. The van der Waals surface area contributed by atoms with Crippen LogP contribution in [0.2, 0.25) is 0 Å². The highest BCUT2D eigenvalue weighted by molar-refractivity contribution is 7.09. The summed E-state index contributed by atoms with van der Waals surface area (Å²) in [6.45, 7) is 0.532. The second-order valence-corrected chi connectivity index (χ2v) is 7.98. The number of nitrogens with zero attached hydrogens (tertiary/aromatic N) is 2. The fourth-order valence-corrected chi connectivity index (χ4v) is 3.79. The number of hydrogen-bond donors (Lipinski definition) is 1. The summed E-state index contributed by atoms with van der Waals surface area (Å²) in [5, 5.41) is 6.39. The first-order valence-corrected chi connectivity index (χ1v) is 11.0. The molecule has 1 amide bonds. The van der Waals surface area contributed by atoms with Crippen molar-refractivity contribution in [2.45, 2.75) is 19.6 Å². The number of benzene rings is 2. The number of pyridine rings is 1. The fraction of sp³-hybridized carbons (Fsp3) is 0.120. The summed E-state index contributed by atoms with van der Waals surface area (Å²) >= 11 is 1.37. The van der Waals surface area contributed by atoms with E-state index in [1.54, 1.807) is 11.5 Å². The quantitative estimate of drug-likeness (QED) is 0.324. The fourth-order valence-electron chi connectivity index (χ4n) is 3.01. The molecule has 0 atom stereocenters. The van der Waals surface area contributed by atoms with Gasteiger partial charge in [-0.15, -0.1) is 11.3 Å². The van der Waals surface area contributed by atoms with E-state index in [1.807, 2.05) is 66.7 Å². The van der Waals surface area contributed by atoms with Crippen molar-refractivity contribution < 1.29 is 14.3 Å². The second-order valence-electron chi connectivity index (χ2n) is 7.04. The van der Waals surface area contributed by atoms with Crippen molar-refractivity contribution in [2.24, 2.45) is 0 Å². The molecular formula is C25H21N3O3S. The highest BCUT2D eigenvalue weighted by Crippen LogP contribution is 2.14. The van der Waals surface area contributed by atoms with Crippen LogP contribution in [0.15, 0.2) is 78.2 Å². The highest BCUT2D eigenvalue weighted by Gasteiger charge is 2.09. The lowest BCUT2D eigenvalue weighted by molar-refractivity contribution is -0.139. The van der Waals surface area contributed by atoms with Gasteiger partial charge < -0.3 is 10.1 Å². The van der Waals surface area contributed by atoms with Crippen LogP contribution in [-0.2, 0) is 33.9 Å². The van der Waals surface area contributed by atoms with E-state index in [0.29, 0.717) is 22.9 Å². The molecule has 0 saturated carbocycles. The smallest absolute Gasteiger partial charge is 0.331 e. The predicted octanol–water partition coefficient (Wildman–Crippen LogP) is 4.31. The lowest BCUT2D eigenvalue weighted by Crippen LogP contribution is -2.24. The van der Waals surface area contributed by atoms with E-state index < -0.39 is 5.97 Å². The van der Waals surface area contributed by atoms with Gasteiger partial charge in [0.05, 0.1) is 23.3 Å². The Hall–Kier alpha value is -3.84. The van der Waals surface area contributed by atoms with E-state index in [-0.39, 0.29) is 18.9 Å². The van der Waals surface area contributed by atoms with Crippen LogP contribution in [0.25, 0.3) is 17.0 Å². The maximum atomic E-state index is 12.1. The molecule has 7 heteroatoms. The van der Waals surface area contributed by atoms with Crippen LogP contribution in [0.4, 0.5) is 0 Å². The minimum atomic E-state index is -0.477. The molecule has 4 rings (SSSR count). The maximum Gasteiger partial charge on any atom is 0.331 e. The van der Waals surface area contributed by atoms with Gasteiger partial charge >= 0.3 is 5.97 Å². The largest absolute Gasteiger partial charge is 0.456 e. The molecule has 32 heavy (non-hydrogen) atoms. The van der Waals surface area contributed by atoms with Crippen molar-refractivity contribution in [3.63, 3.8) is 0 Å². The van der Waals surface area contributed by atoms with E-state index in [9.17, 15) is 9.59 Å². The number of hydrogen-bond acceptors (Lipinski definition) is 6. The molecule has 0 unspecified atom stereocenters. The summed E-state index contributed by atoms with van der Waals surface area (Å²) in [4.78, 5) is 33.0. The summed E-state index contributed by atoms with van der Waals surface area (Å²) in [7, 11) is 0. The van der Waals surface area contributed by atoms with Gasteiger partial charge in [-0.1, -0.05) is 54.6 Å². The Balaban J connectivity index is 1.23. The van der Waals surface area contributed by atoms with Gasteiger partial charge in [-0.05, 0) is 23.8 Å². The number of esters is 1. The first-order chi connectivity index (χ1) is 15.7. The van der Waals surface area contributed by atoms with Gasteiger partial charge in [-0.2, -0.15) is 0 Å². The van der Waals surface area contributed by atoms with Crippen LogP contribution >= 0.6 is 11.3 Å². The van der Waals surface area contributed by atoms with E-state index in [4.69, 9.17) is 4.74 Å². The van der Waals surface area contributed by atoms with Crippen LogP contribution in [-0.4, -0.2) is 21.8 Å². The molecular weight excluding hydrogens is 422 g/mol. The molecule has 0 aliphatic carbocycles. The molecule has 2 heterocycles. The van der Waals surface area contributed by atoms with Crippen molar-refractivity contribution in [1.29, 1.82) is 0 Å². The lowest BCUT2D eigenvalue weighted by atomic mass is 10.2. The minimum absolute atomic E-state index is 0.0520. The molecule has 2 aromatic carbocycles. The van der Waals surface area contributed by atoms with Crippen LogP contribution in [0.3, 0.4) is 0 Å². The van der Waals surface area contributed by atoms with Crippen molar-refractivity contribution >= 4 is 40.2 Å². The first kappa shape index (κ1) is 21.4. The Kier molecular flexibility index (Phi) is 6.99. The second kappa shape index (κ2) is 10.5. The summed E-state index contributed by atoms with van der Waals surface area (Å²) in [6.07, 6.45) is 3.17. The van der Waals surface area contributed by atoms with E-state index in [0.717, 1.165) is 16.5 Å². The molecule has 160 valence electrons. The summed E-state index contributed by atoms with van der Waals surface area (Å²) in [5.41, 5.74) is 3.20. The summed E-state index contributed by atoms with van der Waals surface area (Å²) in [6, 6.07) is 21.3. The summed E-state index contributed by atoms with van der Waals surface area (Å²) < 4.78 is 5.25. The monoisotopic (exact) mass is 443 g/mol. The SMILES string of the molecule is O=C(Cc1nc(COC(=O)/C=C/c2ccc3ccccc3n2)cs1)NCc1ccccc1. The third-order valence-corrected chi connectivity index (χ3v) is 5.51. The molecule has 0 radical (unpaired) electrons. The summed E-state index contributed by atoms with van der Waals surface area (Å²) in [5.74, 6) is -0.576. The topological polar surface area (TPSA) is 81.2 Å². The van der Waals surface area contributed by atoms with Gasteiger partial charge in [0, 0.05) is 23.4 Å². The highest BCUT2D eigenvalue weighted by atomic mass is 32.1. The molecule has 0 aliphatic heterocycles. The van der Waals surface area contributed by atoms with E-state index in [1.165, 1.54) is 17.4 Å². The van der Waals surface area contributed by atoms with Gasteiger partial charge in [0.1, 0.15) is 11.6 Å². The van der Waals surface area contributed by atoms with Crippen molar-refractivity contribution in [3.05, 3.63) is 100 Å². The number of rotatable bonds is 8. The number of nitrogens with one attached hydrogen (secondary N) is 1. The Morgan fingerprint density at radius 3 is 2.66 bits per heavy atom. The van der Waals surface area contributed by atoms with Gasteiger partial charge in [0.2, 0.25) is 5.91 Å². The molecule has 0 saturated heterocycles. The molecule has 0 bridgehead atoms.